The molecule has 1 aromatic heterocycles. The summed E-state index contributed by atoms with van der Waals surface area (Å²) in [5.41, 5.74) is 0.446. The first kappa shape index (κ1) is 14.6. The van der Waals surface area contributed by atoms with Gasteiger partial charge in [0, 0.05) is 44.0 Å². The Bertz CT molecular complexity index is 656. The average molecular weight is 305 g/mol. The molecule has 0 radical (unpaired) electrons. The lowest BCUT2D eigenvalue weighted by molar-refractivity contribution is 0.312. The highest BCUT2D eigenvalue weighted by molar-refractivity contribution is 5.59. The first-order chi connectivity index (χ1) is 10.6. The van der Waals surface area contributed by atoms with Gasteiger partial charge in [0.1, 0.15) is 18.0 Å². The van der Waals surface area contributed by atoms with E-state index in [2.05, 4.69) is 32.1 Å². The Labute approximate surface area is 127 Å². The number of hydrogen-bond acceptors (Lipinski definition) is 5. The minimum Gasteiger partial charge on any atom is -0.354 e. The highest BCUT2D eigenvalue weighted by atomic mass is 19.2. The number of nitrogens with zero attached hydrogens (tertiary/aromatic N) is 4. The Balaban J connectivity index is 1.74. The average Bonchev–Trinajstić information content (AvgIpc) is 2.52. The van der Waals surface area contributed by atoms with E-state index in [1.807, 2.05) is 6.07 Å². The van der Waals surface area contributed by atoms with Gasteiger partial charge in [0.25, 0.3) is 0 Å². The van der Waals surface area contributed by atoms with Crippen molar-refractivity contribution in [3.63, 3.8) is 0 Å². The van der Waals surface area contributed by atoms with Gasteiger partial charge in [0.15, 0.2) is 11.6 Å². The SMILES string of the molecule is CN1CCN(c2cc(Nc3ccc(F)c(F)c3)ncn2)CC1. The molecule has 1 fully saturated rings. The molecule has 116 valence electrons. The van der Waals surface area contributed by atoms with Crippen molar-refractivity contribution in [2.24, 2.45) is 0 Å². The topological polar surface area (TPSA) is 44.3 Å². The van der Waals surface area contributed by atoms with Crippen molar-refractivity contribution in [2.75, 3.05) is 43.4 Å². The quantitative estimate of drug-likeness (QED) is 0.942. The van der Waals surface area contributed by atoms with Crippen LogP contribution in [0.4, 0.5) is 26.1 Å². The van der Waals surface area contributed by atoms with Crippen molar-refractivity contribution in [1.29, 1.82) is 0 Å². The van der Waals surface area contributed by atoms with E-state index in [-0.39, 0.29) is 0 Å². The van der Waals surface area contributed by atoms with Crippen molar-refractivity contribution >= 4 is 17.3 Å². The Morgan fingerprint density at radius 3 is 2.50 bits per heavy atom. The van der Waals surface area contributed by atoms with Crippen LogP contribution in [0.2, 0.25) is 0 Å². The van der Waals surface area contributed by atoms with Crippen molar-refractivity contribution in [3.05, 3.63) is 42.2 Å². The van der Waals surface area contributed by atoms with Gasteiger partial charge >= 0.3 is 0 Å². The lowest BCUT2D eigenvalue weighted by Crippen LogP contribution is -2.44. The van der Waals surface area contributed by atoms with Gasteiger partial charge in [0.05, 0.1) is 0 Å². The number of halogens is 2. The fourth-order valence-corrected chi connectivity index (χ4v) is 2.35. The summed E-state index contributed by atoms with van der Waals surface area (Å²) in [4.78, 5) is 12.8. The molecule has 2 heterocycles. The van der Waals surface area contributed by atoms with Crippen LogP contribution in [0, 0.1) is 11.6 Å². The maximum absolute atomic E-state index is 13.2. The summed E-state index contributed by atoms with van der Waals surface area (Å²) in [5.74, 6) is -0.382. The van der Waals surface area contributed by atoms with Gasteiger partial charge in [-0.2, -0.15) is 0 Å². The summed E-state index contributed by atoms with van der Waals surface area (Å²) >= 11 is 0. The lowest BCUT2D eigenvalue weighted by Gasteiger charge is -2.33. The second-order valence-corrected chi connectivity index (χ2v) is 5.31. The van der Waals surface area contributed by atoms with Crippen molar-refractivity contribution < 1.29 is 8.78 Å². The van der Waals surface area contributed by atoms with E-state index in [1.54, 1.807) is 0 Å². The van der Waals surface area contributed by atoms with Crippen molar-refractivity contribution in [1.82, 2.24) is 14.9 Å². The van der Waals surface area contributed by atoms with Crippen molar-refractivity contribution in [2.45, 2.75) is 0 Å². The Morgan fingerprint density at radius 1 is 1.00 bits per heavy atom. The molecular weight excluding hydrogens is 288 g/mol. The predicted molar refractivity (Wildman–Crippen MR) is 81.4 cm³/mol. The molecule has 22 heavy (non-hydrogen) atoms. The molecule has 0 spiro atoms. The molecule has 0 aliphatic carbocycles. The molecule has 7 heteroatoms. The molecule has 1 aliphatic rings. The second-order valence-electron chi connectivity index (χ2n) is 5.31. The molecule has 1 aromatic carbocycles. The van der Waals surface area contributed by atoms with Crippen LogP contribution in [0.3, 0.4) is 0 Å². The Hall–Kier alpha value is -2.28. The van der Waals surface area contributed by atoms with E-state index in [0.717, 1.165) is 44.1 Å². The molecular formula is C15H17F2N5. The first-order valence-corrected chi connectivity index (χ1v) is 7.09. The third kappa shape index (κ3) is 3.30. The van der Waals surface area contributed by atoms with Gasteiger partial charge in [-0.15, -0.1) is 0 Å². The molecule has 0 unspecified atom stereocenters. The normalized spacial score (nSPS) is 15.9. The smallest absolute Gasteiger partial charge is 0.160 e. The van der Waals surface area contributed by atoms with Crippen LogP contribution >= 0.6 is 0 Å². The number of hydrogen-bond donors (Lipinski definition) is 1. The number of benzene rings is 1. The fourth-order valence-electron chi connectivity index (χ4n) is 2.35. The fraction of sp³-hybridized carbons (Fsp3) is 0.333. The minimum absolute atomic E-state index is 0.446. The van der Waals surface area contributed by atoms with Crippen molar-refractivity contribution in [3.8, 4) is 0 Å². The molecule has 1 N–H and O–H groups in total. The van der Waals surface area contributed by atoms with Gasteiger partial charge in [0.2, 0.25) is 0 Å². The maximum atomic E-state index is 13.2. The summed E-state index contributed by atoms with van der Waals surface area (Å²) in [6.45, 7) is 3.77. The molecule has 0 amide bonds. The van der Waals surface area contributed by atoms with Gasteiger partial charge < -0.3 is 15.1 Å². The third-order valence-corrected chi connectivity index (χ3v) is 3.67. The second kappa shape index (κ2) is 6.23. The zero-order chi connectivity index (χ0) is 15.5. The van der Waals surface area contributed by atoms with Crippen LogP contribution in [-0.4, -0.2) is 48.1 Å². The molecule has 0 atom stereocenters. The number of aromatic nitrogens is 2. The predicted octanol–water partition coefficient (Wildman–Crippen LogP) is 2.25. The van der Waals surface area contributed by atoms with Crippen LogP contribution in [0.1, 0.15) is 0 Å². The number of rotatable bonds is 3. The molecule has 1 saturated heterocycles. The number of piperazine rings is 1. The van der Waals surface area contributed by atoms with E-state index in [9.17, 15) is 8.78 Å². The van der Waals surface area contributed by atoms with Gasteiger partial charge in [-0.25, -0.2) is 18.7 Å². The van der Waals surface area contributed by atoms with Crippen LogP contribution < -0.4 is 10.2 Å². The Kier molecular flexibility index (Phi) is 4.15. The maximum Gasteiger partial charge on any atom is 0.160 e. The molecule has 0 bridgehead atoms. The van der Waals surface area contributed by atoms with Gasteiger partial charge in [-0.1, -0.05) is 0 Å². The summed E-state index contributed by atoms with van der Waals surface area (Å²) in [5, 5.41) is 2.97. The lowest BCUT2D eigenvalue weighted by atomic mass is 10.3. The van der Waals surface area contributed by atoms with E-state index in [4.69, 9.17) is 0 Å². The van der Waals surface area contributed by atoms with E-state index >= 15 is 0 Å². The zero-order valence-electron chi connectivity index (χ0n) is 12.3. The third-order valence-electron chi connectivity index (χ3n) is 3.67. The summed E-state index contributed by atoms with van der Waals surface area (Å²) < 4.78 is 26.2. The summed E-state index contributed by atoms with van der Waals surface area (Å²) in [7, 11) is 2.09. The summed E-state index contributed by atoms with van der Waals surface area (Å²) in [6, 6.07) is 5.47. The standard InChI is InChI=1S/C15H17F2N5/c1-21-4-6-22(7-5-21)15-9-14(18-10-19-15)20-11-2-3-12(16)13(17)8-11/h2-3,8-10H,4-7H2,1H3,(H,18,19,20). The van der Waals surface area contributed by atoms with E-state index in [1.165, 1.54) is 12.4 Å². The number of anilines is 3. The first-order valence-electron chi connectivity index (χ1n) is 7.09. The van der Waals surface area contributed by atoms with Crippen LogP contribution in [-0.2, 0) is 0 Å². The highest BCUT2D eigenvalue weighted by Gasteiger charge is 2.15. The molecule has 5 nitrogen and oxygen atoms in total. The monoisotopic (exact) mass is 305 g/mol. The minimum atomic E-state index is -0.890. The van der Waals surface area contributed by atoms with E-state index in [0.29, 0.717) is 11.5 Å². The molecule has 2 aromatic rings. The summed E-state index contributed by atoms with van der Waals surface area (Å²) in [6.07, 6.45) is 1.47. The zero-order valence-corrected chi connectivity index (χ0v) is 12.3. The molecule has 3 rings (SSSR count). The van der Waals surface area contributed by atoms with Gasteiger partial charge in [-0.05, 0) is 19.2 Å². The van der Waals surface area contributed by atoms with Crippen LogP contribution in [0.15, 0.2) is 30.6 Å². The van der Waals surface area contributed by atoms with E-state index < -0.39 is 11.6 Å². The number of nitrogens with one attached hydrogen (secondary N) is 1. The highest BCUT2D eigenvalue weighted by Crippen LogP contribution is 2.20. The molecule has 0 saturated carbocycles. The van der Waals surface area contributed by atoms with Crippen LogP contribution in [0.5, 0.6) is 0 Å². The Morgan fingerprint density at radius 2 is 1.77 bits per heavy atom. The molecule has 1 aliphatic heterocycles. The van der Waals surface area contributed by atoms with Crippen LogP contribution in [0.25, 0.3) is 0 Å². The van der Waals surface area contributed by atoms with Gasteiger partial charge in [-0.3, -0.25) is 0 Å². The number of likely N-dealkylation sites (N-methyl/N-ethyl adjacent to an activating group) is 1. The largest absolute Gasteiger partial charge is 0.354 e.